The van der Waals surface area contributed by atoms with Crippen molar-refractivity contribution in [2.24, 2.45) is 10.8 Å². The van der Waals surface area contributed by atoms with E-state index in [4.69, 9.17) is 0 Å². The van der Waals surface area contributed by atoms with Gasteiger partial charge in [0.1, 0.15) is 0 Å². The van der Waals surface area contributed by atoms with Crippen LogP contribution in [0.15, 0.2) is 18.5 Å². The molecule has 0 atom stereocenters. The first-order valence-corrected chi connectivity index (χ1v) is 6.71. The summed E-state index contributed by atoms with van der Waals surface area (Å²) in [6.45, 7) is 10.6. The molecule has 1 aliphatic carbocycles. The molecule has 2 N–H and O–H groups in total. The van der Waals surface area contributed by atoms with Crippen molar-refractivity contribution in [1.82, 2.24) is 10.3 Å². The van der Waals surface area contributed by atoms with E-state index in [1.165, 1.54) is 24.8 Å². The molecule has 0 bridgehead atoms. The van der Waals surface area contributed by atoms with Crippen LogP contribution < -0.4 is 5.32 Å². The van der Waals surface area contributed by atoms with Crippen LogP contribution in [0.25, 0.3) is 0 Å². The highest BCUT2D eigenvalue weighted by atomic mass is 14.9. The van der Waals surface area contributed by atoms with Crippen molar-refractivity contribution >= 4 is 0 Å². The zero-order valence-corrected chi connectivity index (χ0v) is 11.6. The molecular weight excluding hydrogens is 208 g/mol. The topological polar surface area (TPSA) is 27.8 Å². The van der Waals surface area contributed by atoms with Gasteiger partial charge < -0.3 is 10.3 Å². The Morgan fingerprint density at radius 1 is 1.24 bits per heavy atom. The van der Waals surface area contributed by atoms with Crippen molar-refractivity contribution < 1.29 is 0 Å². The third-order valence-corrected chi connectivity index (χ3v) is 3.81. The maximum Gasteiger partial charge on any atom is 0.0223 e. The summed E-state index contributed by atoms with van der Waals surface area (Å²) in [5.41, 5.74) is 2.29. The summed E-state index contributed by atoms with van der Waals surface area (Å²) in [7, 11) is 0. The average molecular weight is 234 g/mol. The summed E-state index contributed by atoms with van der Waals surface area (Å²) >= 11 is 0. The summed E-state index contributed by atoms with van der Waals surface area (Å²) in [5.74, 6) is 0. The summed E-state index contributed by atoms with van der Waals surface area (Å²) in [6.07, 6.45) is 7.99. The molecule has 1 aliphatic rings. The smallest absolute Gasteiger partial charge is 0.0223 e. The molecule has 96 valence electrons. The van der Waals surface area contributed by atoms with Gasteiger partial charge in [0.2, 0.25) is 0 Å². The normalized spacial score (nSPS) is 23.8. The average Bonchev–Trinajstić information content (AvgIpc) is 2.61. The van der Waals surface area contributed by atoms with E-state index >= 15 is 0 Å². The van der Waals surface area contributed by atoms with Gasteiger partial charge in [-0.1, -0.05) is 27.7 Å². The Labute approximate surface area is 105 Å². The largest absolute Gasteiger partial charge is 0.367 e. The van der Waals surface area contributed by atoms with Gasteiger partial charge in [0.05, 0.1) is 0 Å². The third-order valence-electron chi connectivity index (χ3n) is 3.81. The molecule has 0 radical (unpaired) electrons. The molecular formula is C15H26N2. The molecule has 1 aromatic heterocycles. The highest BCUT2D eigenvalue weighted by Gasteiger charge is 2.37. The van der Waals surface area contributed by atoms with E-state index in [0.717, 1.165) is 6.54 Å². The minimum absolute atomic E-state index is 0.470. The number of aromatic nitrogens is 1. The minimum atomic E-state index is 0.470. The van der Waals surface area contributed by atoms with Crippen molar-refractivity contribution in [2.75, 3.05) is 0 Å². The second kappa shape index (κ2) is 4.49. The Kier molecular flexibility index (Phi) is 3.35. The first-order chi connectivity index (χ1) is 7.86. The Hall–Kier alpha value is -0.760. The molecule has 17 heavy (non-hydrogen) atoms. The first kappa shape index (κ1) is 12.7. The van der Waals surface area contributed by atoms with E-state index in [9.17, 15) is 0 Å². The molecule has 0 aliphatic heterocycles. The second-order valence-corrected chi connectivity index (χ2v) is 7.21. The number of H-pyrrole nitrogens is 1. The van der Waals surface area contributed by atoms with Crippen molar-refractivity contribution in [3.8, 4) is 0 Å². The lowest BCUT2D eigenvalue weighted by Gasteiger charge is -2.45. The van der Waals surface area contributed by atoms with Crippen LogP contribution in [0.2, 0.25) is 0 Å². The van der Waals surface area contributed by atoms with Crippen molar-refractivity contribution in [3.63, 3.8) is 0 Å². The van der Waals surface area contributed by atoms with E-state index in [2.05, 4.69) is 50.3 Å². The van der Waals surface area contributed by atoms with E-state index < -0.39 is 0 Å². The molecule has 1 fully saturated rings. The van der Waals surface area contributed by atoms with Gasteiger partial charge in [0.15, 0.2) is 0 Å². The van der Waals surface area contributed by atoms with E-state index in [1.54, 1.807) is 0 Å². The molecule has 0 saturated heterocycles. The minimum Gasteiger partial charge on any atom is -0.367 e. The highest BCUT2D eigenvalue weighted by Crippen LogP contribution is 2.45. The molecule has 0 aromatic carbocycles. The molecule has 1 heterocycles. The van der Waals surface area contributed by atoms with E-state index in [0.29, 0.717) is 16.9 Å². The van der Waals surface area contributed by atoms with Crippen LogP contribution in [-0.4, -0.2) is 11.0 Å². The van der Waals surface area contributed by atoms with Crippen LogP contribution in [-0.2, 0) is 6.54 Å². The Morgan fingerprint density at radius 3 is 2.41 bits per heavy atom. The zero-order valence-electron chi connectivity index (χ0n) is 11.6. The molecule has 1 saturated carbocycles. The molecule has 0 spiro atoms. The molecule has 0 amide bonds. The van der Waals surface area contributed by atoms with Crippen LogP contribution in [0.4, 0.5) is 0 Å². The van der Waals surface area contributed by atoms with Crippen LogP contribution in [0.3, 0.4) is 0 Å². The van der Waals surface area contributed by atoms with Crippen LogP contribution in [0.5, 0.6) is 0 Å². The fraction of sp³-hybridized carbons (Fsp3) is 0.733. The number of hydrogen-bond donors (Lipinski definition) is 2. The molecule has 2 nitrogen and oxygen atoms in total. The SMILES string of the molecule is CC1(C)CC(NCc2cc[nH]c2)CC(C)(C)C1. The summed E-state index contributed by atoms with van der Waals surface area (Å²) in [6, 6.07) is 2.80. The Morgan fingerprint density at radius 2 is 1.88 bits per heavy atom. The third kappa shape index (κ3) is 3.60. The predicted octanol–water partition coefficient (Wildman–Crippen LogP) is 3.71. The lowest BCUT2D eigenvalue weighted by molar-refractivity contribution is 0.0845. The first-order valence-electron chi connectivity index (χ1n) is 6.71. The Balaban J connectivity index is 1.92. The fourth-order valence-electron chi connectivity index (χ4n) is 3.72. The van der Waals surface area contributed by atoms with Gasteiger partial charge in [-0.15, -0.1) is 0 Å². The van der Waals surface area contributed by atoms with Gasteiger partial charge in [-0.25, -0.2) is 0 Å². The van der Waals surface area contributed by atoms with Gasteiger partial charge in [0.25, 0.3) is 0 Å². The summed E-state index contributed by atoms with van der Waals surface area (Å²) < 4.78 is 0. The van der Waals surface area contributed by atoms with Gasteiger partial charge in [-0.3, -0.25) is 0 Å². The van der Waals surface area contributed by atoms with Crippen molar-refractivity contribution in [1.29, 1.82) is 0 Å². The van der Waals surface area contributed by atoms with E-state index in [-0.39, 0.29) is 0 Å². The Bertz CT molecular complexity index is 333. The standard InChI is InChI=1S/C15H26N2/c1-14(2)7-13(8-15(3,4)11-14)17-10-12-5-6-16-9-12/h5-6,9,13,16-17H,7-8,10-11H2,1-4H3. The summed E-state index contributed by atoms with van der Waals surface area (Å²) in [5, 5.41) is 3.72. The predicted molar refractivity (Wildman–Crippen MR) is 72.8 cm³/mol. The number of nitrogens with one attached hydrogen (secondary N) is 2. The maximum absolute atomic E-state index is 3.72. The zero-order chi connectivity index (χ0) is 12.5. The van der Waals surface area contributed by atoms with Crippen LogP contribution in [0, 0.1) is 10.8 Å². The lowest BCUT2D eigenvalue weighted by atomic mass is 9.63. The van der Waals surface area contributed by atoms with Crippen LogP contribution >= 0.6 is 0 Å². The van der Waals surface area contributed by atoms with Crippen molar-refractivity contribution in [2.45, 2.75) is 59.5 Å². The quantitative estimate of drug-likeness (QED) is 0.820. The van der Waals surface area contributed by atoms with Gasteiger partial charge in [-0.2, -0.15) is 0 Å². The monoisotopic (exact) mass is 234 g/mol. The maximum atomic E-state index is 3.72. The van der Waals surface area contributed by atoms with Crippen molar-refractivity contribution in [3.05, 3.63) is 24.0 Å². The highest BCUT2D eigenvalue weighted by molar-refractivity contribution is 5.08. The number of hydrogen-bond acceptors (Lipinski definition) is 1. The second-order valence-electron chi connectivity index (χ2n) is 7.21. The molecule has 0 unspecified atom stereocenters. The number of rotatable bonds is 3. The van der Waals surface area contributed by atoms with E-state index in [1.807, 2.05) is 6.20 Å². The van der Waals surface area contributed by atoms with Gasteiger partial charge >= 0.3 is 0 Å². The molecule has 1 aromatic rings. The number of aromatic amines is 1. The van der Waals surface area contributed by atoms with Gasteiger partial charge in [0, 0.05) is 25.0 Å². The molecule has 2 rings (SSSR count). The van der Waals surface area contributed by atoms with Gasteiger partial charge in [-0.05, 0) is 41.7 Å². The lowest BCUT2D eigenvalue weighted by Crippen LogP contribution is -2.43. The fourth-order valence-corrected chi connectivity index (χ4v) is 3.72. The summed E-state index contributed by atoms with van der Waals surface area (Å²) in [4.78, 5) is 3.11. The van der Waals surface area contributed by atoms with Crippen LogP contribution in [0.1, 0.15) is 52.5 Å². The molecule has 2 heteroatoms.